The molecule has 0 unspecified atom stereocenters. The summed E-state index contributed by atoms with van der Waals surface area (Å²) in [4.78, 5) is 27.2. The Morgan fingerprint density at radius 3 is 2.36 bits per heavy atom. The number of hydrogen-bond acceptors (Lipinski definition) is 7. The molecule has 1 amide bonds. The fourth-order valence-corrected chi connectivity index (χ4v) is 9.19. The molecule has 3 aromatic carbocycles. The van der Waals surface area contributed by atoms with Crippen LogP contribution in [-0.2, 0) is 38.0 Å². The predicted molar refractivity (Wildman–Crippen MR) is 182 cm³/mol. The minimum atomic E-state index is -1.97. The maximum Gasteiger partial charge on any atom is 0.343 e. The maximum atomic E-state index is 13.7. The van der Waals surface area contributed by atoms with E-state index in [0.29, 0.717) is 12.1 Å². The van der Waals surface area contributed by atoms with Gasteiger partial charge in [0.1, 0.15) is 6.23 Å². The van der Waals surface area contributed by atoms with Gasteiger partial charge in [-0.25, -0.2) is 4.79 Å². The van der Waals surface area contributed by atoms with Gasteiger partial charge >= 0.3 is 5.97 Å². The number of carbonyl (C=O) groups is 2. The lowest BCUT2D eigenvalue weighted by atomic mass is 9.88. The third-order valence-electron chi connectivity index (χ3n) is 9.68. The van der Waals surface area contributed by atoms with E-state index in [9.17, 15) is 14.7 Å². The first-order valence-corrected chi connectivity index (χ1v) is 17.3. The topological polar surface area (TPSA) is 94.7 Å². The fraction of sp³-hybridized carbons (Fsp3) is 0.314. The van der Waals surface area contributed by atoms with Crippen LogP contribution in [0.25, 0.3) is 43.6 Å². The molecule has 0 aliphatic carbocycles. The minimum absolute atomic E-state index is 0.00778. The number of esters is 1. The van der Waals surface area contributed by atoms with Crippen LogP contribution in [0, 0.1) is 0 Å². The lowest BCUT2D eigenvalue weighted by Crippen LogP contribution is -2.56. The summed E-state index contributed by atoms with van der Waals surface area (Å²) in [6.45, 7) is 9.86. The van der Waals surface area contributed by atoms with Crippen LogP contribution in [0.3, 0.4) is 0 Å². The van der Waals surface area contributed by atoms with Crippen LogP contribution >= 0.6 is 23.5 Å². The number of nitrogens with one attached hydrogen (secondary N) is 1. The van der Waals surface area contributed by atoms with E-state index in [1.165, 1.54) is 7.11 Å². The summed E-state index contributed by atoms with van der Waals surface area (Å²) in [5, 5.41) is 19.2. The number of benzene rings is 3. The van der Waals surface area contributed by atoms with Crippen molar-refractivity contribution in [3.8, 4) is 0 Å². The van der Waals surface area contributed by atoms with Gasteiger partial charge in [-0.05, 0) is 47.9 Å². The van der Waals surface area contributed by atoms with E-state index in [-0.39, 0.29) is 12.3 Å². The Morgan fingerprint density at radius 1 is 1.07 bits per heavy atom. The van der Waals surface area contributed by atoms with E-state index in [0.717, 1.165) is 83.3 Å². The quantitative estimate of drug-likeness (QED) is 0.108. The van der Waals surface area contributed by atoms with Gasteiger partial charge < -0.3 is 29.0 Å². The Kier molecular flexibility index (Phi) is 6.49. The Bertz CT molecular complexity index is 2150. The highest BCUT2D eigenvalue weighted by Gasteiger charge is 2.65. The molecular formula is C35H33N3O5S2. The molecule has 2 N–H and O–H groups in total. The normalized spacial score (nSPS) is 23.3. The number of amides is 1. The summed E-state index contributed by atoms with van der Waals surface area (Å²) in [6, 6.07) is 12.7. The van der Waals surface area contributed by atoms with Crippen molar-refractivity contribution in [2.45, 2.75) is 48.9 Å². The van der Waals surface area contributed by atoms with Crippen molar-refractivity contribution in [3.63, 3.8) is 0 Å². The number of aromatic nitrogens is 2. The molecule has 0 radical (unpaired) electrons. The van der Waals surface area contributed by atoms with Crippen LogP contribution in [0.2, 0.25) is 0 Å². The molecule has 230 valence electrons. The van der Waals surface area contributed by atoms with E-state index in [4.69, 9.17) is 9.47 Å². The van der Waals surface area contributed by atoms with Gasteiger partial charge in [0.05, 0.1) is 34.7 Å². The zero-order valence-corrected chi connectivity index (χ0v) is 26.8. The largest absolute Gasteiger partial charge is 0.467 e. The van der Waals surface area contributed by atoms with Gasteiger partial charge in [0, 0.05) is 57.5 Å². The summed E-state index contributed by atoms with van der Waals surface area (Å²) < 4.78 is 16.2. The molecule has 3 aliphatic rings. The van der Waals surface area contributed by atoms with Gasteiger partial charge in [0.2, 0.25) is 5.60 Å². The van der Waals surface area contributed by atoms with Gasteiger partial charge in [-0.15, -0.1) is 13.2 Å². The molecule has 1 fully saturated rings. The third-order valence-corrected chi connectivity index (χ3v) is 11.7. The molecule has 2 bridgehead atoms. The summed E-state index contributed by atoms with van der Waals surface area (Å²) >= 11 is 3.55. The molecule has 3 aliphatic heterocycles. The van der Waals surface area contributed by atoms with Crippen LogP contribution in [0.5, 0.6) is 0 Å². The Hall–Kier alpha value is -3.70. The van der Waals surface area contributed by atoms with Crippen LogP contribution in [0.15, 0.2) is 61.7 Å². The molecule has 0 spiro atoms. The molecule has 5 heterocycles. The van der Waals surface area contributed by atoms with Crippen molar-refractivity contribution >= 4 is 79.0 Å². The number of thioether (sulfide) groups is 2. The van der Waals surface area contributed by atoms with E-state index in [1.54, 1.807) is 30.4 Å². The highest BCUT2D eigenvalue weighted by molar-refractivity contribution is 7.98. The first-order valence-electron chi connectivity index (χ1n) is 15.0. The highest BCUT2D eigenvalue weighted by atomic mass is 32.2. The Morgan fingerprint density at radius 2 is 1.71 bits per heavy atom. The summed E-state index contributed by atoms with van der Waals surface area (Å²) in [5.74, 6) is 2.44. The molecule has 2 aromatic heterocycles. The Labute approximate surface area is 268 Å². The average molecular weight is 640 g/mol. The molecule has 5 aromatic rings. The molecule has 0 saturated carbocycles. The van der Waals surface area contributed by atoms with Crippen LogP contribution in [0.4, 0.5) is 0 Å². The van der Waals surface area contributed by atoms with Crippen molar-refractivity contribution in [1.82, 2.24) is 14.5 Å². The molecule has 3 atom stereocenters. The SMILES string of the molecule is C=CCSCc1ccc2c(c1)c1c3c(c4c5cc(CSCC=C)ccc5n5c4c1n2[C@@H]1C[C@@](O)(C(=O)OC)[C@@]5(C)O1)CNC3=O. The number of fused-ring (bicyclic) bond motifs is 13. The van der Waals surface area contributed by atoms with E-state index >= 15 is 0 Å². The van der Waals surface area contributed by atoms with Crippen LogP contribution in [0.1, 0.15) is 46.6 Å². The first-order chi connectivity index (χ1) is 21.8. The number of carbonyl (C=O) groups excluding carboxylic acids is 2. The Balaban J connectivity index is 1.55. The number of ether oxygens (including phenoxy) is 2. The lowest BCUT2D eigenvalue weighted by molar-refractivity contribution is -0.202. The van der Waals surface area contributed by atoms with Gasteiger partial charge in [0.25, 0.3) is 5.91 Å². The van der Waals surface area contributed by atoms with Crippen molar-refractivity contribution < 1.29 is 24.2 Å². The molecule has 8 nitrogen and oxygen atoms in total. The second-order valence-corrected chi connectivity index (χ2v) is 14.2. The number of aliphatic hydroxyl groups is 1. The molecule has 45 heavy (non-hydrogen) atoms. The van der Waals surface area contributed by atoms with Gasteiger partial charge in [0.15, 0.2) is 5.72 Å². The minimum Gasteiger partial charge on any atom is -0.467 e. The summed E-state index contributed by atoms with van der Waals surface area (Å²) in [6.07, 6.45) is 3.10. The smallest absolute Gasteiger partial charge is 0.343 e. The lowest BCUT2D eigenvalue weighted by Gasteiger charge is -2.37. The van der Waals surface area contributed by atoms with Crippen molar-refractivity contribution in [2.24, 2.45) is 0 Å². The van der Waals surface area contributed by atoms with Crippen molar-refractivity contribution in [2.75, 3.05) is 18.6 Å². The monoisotopic (exact) mass is 639 g/mol. The predicted octanol–water partition coefficient (Wildman–Crippen LogP) is 6.49. The van der Waals surface area contributed by atoms with Crippen LogP contribution in [-0.4, -0.2) is 50.3 Å². The third kappa shape index (κ3) is 3.71. The van der Waals surface area contributed by atoms with E-state index < -0.39 is 23.5 Å². The number of methoxy groups -OCH3 is 1. The van der Waals surface area contributed by atoms with Crippen LogP contribution < -0.4 is 5.32 Å². The highest BCUT2D eigenvalue weighted by Crippen LogP contribution is 2.58. The fourth-order valence-electron chi connectivity index (χ4n) is 7.79. The first kappa shape index (κ1) is 28.8. The number of rotatable bonds is 9. The van der Waals surface area contributed by atoms with Crippen molar-refractivity contribution in [3.05, 3.63) is 84.0 Å². The zero-order chi connectivity index (χ0) is 31.2. The second-order valence-electron chi connectivity index (χ2n) is 12.1. The molecule has 1 saturated heterocycles. The second kappa shape index (κ2) is 10.2. The van der Waals surface area contributed by atoms with Gasteiger partial charge in [-0.2, -0.15) is 23.5 Å². The number of nitrogens with zero attached hydrogens (tertiary/aromatic N) is 2. The zero-order valence-electron chi connectivity index (χ0n) is 25.1. The van der Waals surface area contributed by atoms with E-state index in [2.05, 4.69) is 59.4 Å². The molecule has 10 heteroatoms. The van der Waals surface area contributed by atoms with Gasteiger partial charge in [-0.3, -0.25) is 4.79 Å². The number of hydrogen-bond donors (Lipinski definition) is 2. The summed E-state index contributed by atoms with van der Waals surface area (Å²) in [7, 11) is 1.30. The van der Waals surface area contributed by atoms with E-state index in [1.807, 2.05) is 16.7 Å². The molecule has 8 rings (SSSR count). The average Bonchev–Trinajstić information content (AvgIpc) is 3.73. The standard InChI is InChI=1S/C35H33N3O5S2/c1-5-11-44-17-19-7-9-24-21(13-19)28-29-23(16-36-32(29)39)27-22-14-20(18-45-12-6-2)8-10-25(22)38-31(27)30(28)37(24)26-15-35(41,33(40)42-4)34(38,3)43-26/h5-10,13-14,26,41H,1-2,11-12,15-18H2,3-4H3,(H,36,39)/t26-,34+,35+/m0/s1. The maximum absolute atomic E-state index is 13.7. The molecular weight excluding hydrogens is 607 g/mol. The van der Waals surface area contributed by atoms with Crippen molar-refractivity contribution in [1.29, 1.82) is 0 Å². The summed E-state index contributed by atoms with van der Waals surface area (Å²) in [5.41, 5.74) is 3.86. The van der Waals surface area contributed by atoms with Gasteiger partial charge in [-0.1, -0.05) is 24.3 Å².